The van der Waals surface area contributed by atoms with E-state index in [-0.39, 0.29) is 41.0 Å². The van der Waals surface area contributed by atoms with Crippen molar-refractivity contribution in [2.75, 3.05) is 25.2 Å². The van der Waals surface area contributed by atoms with Crippen LogP contribution in [-0.2, 0) is 45.2 Å². The summed E-state index contributed by atoms with van der Waals surface area (Å²) in [5.74, 6) is -0.840. The molecule has 9 heteroatoms. The van der Waals surface area contributed by atoms with Gasteiger partial charge in [0, 0.05) is 6.61 Å². The summed E-state index contributed by atoms with van der Waals surface area (Å²) in [7, 11) is -4.95. The molecule has 0 saturated heterocycles. The Morgan fingerprint density at radius 2 is 1.34 bits per heavy atom. The Hall–Kier alpha value is -3.27. The number of aryl methyl sites for hydroxylation is 1. The minimum Gasteiger partial charge on any atom is -0.469 e. The first-order valence-corrected chi connectivity index (χ1v) is 22.6. The Labute approximate surface area is 321 Å². The lowest BCUT2D eigenvalue weighted by atomic mass is 9.75. The van der Waals surface area contributed by atoms with E-state index in [9.17, 15) is 18.0 Å². The first-order valence-electron chi connectivity index (χ1n) is 18.9. The number of methoxy groups -OCH3 is 1. The fourth-order valence-corrected chi connectivity index (χ4v) is 13.8. The third-order valence-electron chi connectivity index (χ3n) is 10.2. The highest BCUT2D eigenvalue weighted by Crippen LogP contribution is 2.38. The van der Waals surface area contributed by atoms with E-state index < -0.39 is 34.6 Å². The predicted molar refractivity (Wildman–Crippen MR) is 219 cm³/mol. The van der Waals surface area contributed by atoms with Gasteiger partial charge in [-0.1, -0.05) is 133 Å². The molecule has 0 N–H and O–H groups in total. The molecule has 0 aliphatic carbocycles. The maximum absolute atomic E-state index is 13.9. The minimum atomic E-state index is -3.48. The predicted octanol–water partition coefficient (Wildman–Crippen LogP) is 8.22. The molecule has 292 valence electrons. The van der Waals surface area contributed by atoms with Crippen LogP contribution < -0.4 is 10.4 Å². The van der Waals surface area contributed by atoms with Crippen LogP contribution >= 0.6 is 0 Å². The standard InChI is InChI=1S/C44H64O7SSi/c1-34(39(45)49-11)26-27-35-20-18-21-36(32-35)44(10,40(46)51-41(2,3)4)29-19-28-43(8,9)33-52(47,48)31-30-50-53(42(5,6)7,37-22-14-12-15-23-37)38-24-16-13-17-25-38/h12-18,20-25,32,34H,19,26-31,33H2,1-11H3. The van der Waals surface area contributed by atoms with Crippen molar-refractivity contribution in [3.8, 4) is 0 Å². The molecular formula is C44H64O7SSi. The van der Waals surface area contributed by atoms with Crippen LogP contribution in [0.4, 0.5) is 0 Å². The van der Waals surface area contributed by atoms with Crippen molar-refractivity contribution in [1.29, 1.82) is 0 Å². The van der Waals surface area contributed by atoms with Crippen LogP contribution in [0.1, 0.15) is 106 Å². The van der Waals surface area contributed by atoms with Crippen LogP contribution in [-0.4, -0.2) is 59.5 Å². The van der Waals surface area contributed by atoms with E-state index in [1.54, 1.807) is 0 Å². The van der Waals surface area contributed by atoms with Gasteiger partial charge in [-0.2, -0.15) is 0 Å². The molecule has 2 atom stereocenters. The molecule has 0 bridgehead atoms. The van der Waals surface area contributed by atoms with Gasteiger partial charge in [-0.05, 0) is 85.3 Å². The second-order valence-corrected chi connectivity index (χ2v) is 24.1. The minimum absolute atomic E-state index is 0.0150. The number of sulfone groups is 1. The second-order valence-electron chi connectivity index (χ2n) is 17.6. The summed E-state index contributed by atoms with van der Waals surface area (Å²) in [4.78, 5) is 25.8. The molecule has 0 fully saturated rings. The normalized spacial score (nSPS) is 14.6. The molecule has 0 spiro atoms. The number of hydrogen-bond acceptors (Lipinski definition) is 7. The van der Waals surface area contributed by atoms with Crippen molar-refractivity contribution in [1.82, 2.24) is 0 Å². The Bertz CT molecular complexity index is 1700. The van der Waals surface area contributed by atoms with Crippen LogP contribution in [0, 0.1) is 11.3 Å². The van der Waals surface area contributed by atoms with E-state index in [2.05, 4.69) is 45.0 Å². The van der Waals surface area contributed by atoms with Crippen LogP contribution in [0.25, 0.3) is 0 Å². The molecule has 0 amide bonds. The van der Waals surface area contributed by atoms with Crippen LogP contribution in [0.5, 0.6) is 0 Å². The Morgan fingerprint density at radius 3 is 1.85 bits per heavy atom. The maximum atomic E-state index is 13.9. The van der Waals surface area contributed by atoms with E-state index in [1.807, 2.05) is 109 Å². The Kier molecular flexibility index (Phi) is 14.9. The average molecular weight is 765 g/mol. The summed E-state index contributed by atoms with van der Waals surface area (Å²) in [6.07, 6.45) is 3.02. The van der Waals surface area contributed by atoms with E-state index in [0.717, 1.165) is 21.5 Å². The summed E-state index contributed by atoms with van der Waals surface area (Å²) in [5.41, 5.74) is -0.275. The highest BCUT2D eigenvalue weighted by molar-refractivity contribution is 7.91. The second kappa shape index (κ2) is 17.9. The third-order valence-corrected chi connectivity index (χ3v) is 17.2. The number of benzene rings is 3. The lowest BCUT2D eigenvalue weighted by Gasteiger charge is -2.43. The van der Waals surface area contributed by atoms with E-state index in [4.69, 9.17) is 13.9 Å². The zero-order valence-corrected chi connectivity index (χ0v) is 35.9. The SMILES string of the molecule is COC(=O)C(C)CCc1cccc(C(C)(CCCC(C)(C)CS(=O)(=O)CCO[Si](c2ccccc2)(c2ccccc2)C(C)(C)C)C(=O)OC(C)(C)C)c1. The Balaban J connectivity index is 1.76. The summed E-state index contributed by atoms with van der Waals surface area (Å²) in [6.45, 7) is 20.0. The van der Waals surface area contributed by atoms with Gasteiger partial charge in [-0.3, -0.25) is 9.59 Å². The third kappa shape index (κ3) is 12.1. The molecule has 7 nitrogen and oxygen atoms in total. The molecule has 3 aromatic carbocycles. The smallest absolute Gasteiger partial charge is 0.316 e. The number of hydrogen-bond donors (Lipinski definition) is 0. The molecular weight excluding hydrogens is 701 g/mol. The maximum Gasteiger partial charge on any atom is 0.316 e. The number of esters is 2. The van der Waals surface area contributed by atoms with E-state index in [1.165, 1.54) is 7.11 Å². The van der Waals surface area contributed by atoms with Crippen molar-refractivity contribution in [2.24, 2.45) is 11.3 Å². The largest absolute Gasteiger partial charge is 0.469 e. The number of ether oxygens (including phenoxy) is 2. The van der Waals surface area contributed by atoms with Gasteiger partial charge in [0.05, 0.1) is 29.9 Å². The van der Waals surface area contributed by atoms with Crippen LogP contribution in [0.15, 0.2) is 84.9 Å². The summed E-state index contributed by atoms with van der Waals surface area (Å²) in [5, 5.41) is 1.98. The van der Waals surface area contributed by atoms with Crippen molar-refractivity contribution < 1.29 is 31.9 Å². The molecule has 3 rings (SSSR count). The molecule has 0 aliphatic rings. The van der Waals surface area contributed by atoms with Crippen molar-refractivity contribution >= 4 is 40.5 Å². The monoisotopic (exact) mass is 764 g/mol. The highest BCUT2D eigenvalue weighted by Gasteiger charge is 2.50. The van der Waals surface area contributed by atoms with Crippen molar-refractivity contribution in [3.05, 3.63) is 96.1 Å². The molecule has 0 aromatic heterocycles. The molecule has 0 saturated carbocycles. The number of carbonyl (C=O) groups excluding carboxylic acids is 2. The van der Waals surface area contributed by atoms with Crippen molar-refractivity contribution in [2.45, 2.75) is 117 Å². The lowest BCUT2D eigenvalue weighted by Crippen LogP contribution is -2.66. The topological polar surface area (TPSA) is 96.0 Å². The zero-order valence-electron chi connectivity index (χ0n) is 34.1. The van der Waals surface area contributed by atoms with Gasteiger partial charge in [0.1, 0.15) is 5.60 Å². The fraction of sp³-hybridized carbons (Fsp3) is 0.545. The molecule has 0 heterocycles. The van der Waals surface area contributed by atoms with Gasteiger partial charge < -0.3 is 13.9 Å². The molecule has 0 aliphatic heterocycles. The number of rotatable bonds is 18. The average Bonchev–Trinajstić information content (AvgIpc) is 3.07. The van der Waals surface area contributed by atoms with Gasteiger partial charge in [-0.15, -0.1) is 0 Å². The van der Waals surface area contributed by atoms with Crippen LogP contribution in [0.3, 0.4) is 0 Å². The van der Waals surface area contributed by atoms with E-state index >= 15 is 0 Å². The molecule has 53 heavy (non-hydrogen) atoms. The number of carbonyl (C=O) groups is 2. The van der Waals surface area contributed by atoms with Gasteiger partial charge in [-0.25, -0.2) is 8.42 Å². The van der Waals surface area contributed by atoms with Gasteiger partial charge in [0.25, 0.3) is 8.32 Å². The first kappa shape index (κ1) is 44.1. The molecule has 0 radical (unpaired) electrons. The summed E-state index contributed by atoms with van der Waals surface area (Å²) < 4.78 is 45.2. The summed E-state index contributed by atoms with van der Waals surface area (Å²) >= 11 is 0. The fourth-order valence-electron chi connectivity index (χ4n) is 7.27. The zero-order chi connectivity index (χ0) is 39.7. The summed E-state index contributed by atoms with van der Waals surface area (Å²) in [6, 6.07) is 28.4. The molecule has 2 unspecified atom stereocenters. The van der Waals surface area contributed by atoms with Gasteiger partial charge in [0.2, 0.25) is 0 Å². The first-order chi connectivity index (χ1) is 24.6. The quantitative estimate of drug-likeness (QED) is 0.0952. The van der Waals surface area contributed by atoms with E-state index in [0.29, 0.717) is 32.1 Å². The highest BCUT2D eigenvalue weighted by atomic mass is 32.2. The Morgan fingerprint density at radius 1 is 0.774 bits per heavy atom. The van der Waals surface area contributed by atoms with Gasteiger partial charge >= 0.3 is 11.9 Å². The molecule has 3 aromatic rings. The van der Waals surface area contributed by atoms with Gasteiger partial charge in [0.15, 0.2) is 9.84 Å². The lowest BCUT2D eigenvalue weighted by molar-refractivity contribution is -0.162. The van der Waals surface area contributed by atoms with Crippen LogP contribution in [0.2, 0.25) is 5.04 Å². The van der Waals surface area contributed by atoms with Crippen molar-refractivity contribution in [3.63, 3.8) is 0 Å².